The monoisotopic (exact) mass is 386 g/mol. The van der Waals surface area contributed by atoms with Crippen molar-refractivity contribution in [1.29, 1.82) is 0 Å². The highest BCUT2D eigenvalue weighted by atomic mass is 16.4. The third kappa shape index (κ3) is 5.88. The first-order valence-electron chi connectivity index (χ1n) is 7.37. The number of aromatic nitrogens is 2. The molecule has 0 bridgehead atoms. The molecule has 0 unspecified atom stereocenters. The number of carboxylic acid groups (broad SMARTS) is 2. The molecule has 2 aromatic rings. The van der Waals surface area contributed by atoms with Gasteiger partial charge >= 0.3 is 11.9 Å². The largest absolute Gasteiger partial charge is 0.515 e. The zero-order valence-corrected chi connectivity index (χ0v) is 14.1. The molecule has 0 saturated carbocycles. The summed E-state index contributed by atoms with van der Waals surface area (Å²) in [7, 11) is 0. The van der Waals surface area contributed by atoms with Crippen LogP contribution < -0.4 is 0 Å². The first-order valence-corrected chi connectivity index (χ1v) is 7.37. The quantitative estimate of drug-likeness (QED) is 0.325. The van der Waals surface area contributed by atoms with Crippen LogP contribution >= 0.6 is 0 Å². The maximum atomic E-state index is 10.5. The van der Waals surface area contributed by atoms with Crippen molar-refractivity contribution in [2.24, 2.45) is 0 Å². The molecule has 0 aromatic carbocycles. The Morgan fingerprint density at radius 2 is 1.36 bits per heavy atom. The Kier molecular flexibility index (Phi) is 8.22. The Labute approximate surface area is 157 Å². The van der Waals surface area contributed by atoms with Crippen molar-refractivity contribution < 1.29 is 39.6 Å². The minimum atomic E-state index is -1.19. The van der Waals surface area contributed by atoms with Gasteiger partial charge in [-0.15, -0.1) is 0 Å². The average Bonchev–Trinajstić information content (AvgIpc) is 2.71. The molecule has 4 N–H and O–H groups in total. The number of carbonyl (C=O) groups excluding carboxylic acids is 2. The minimum Gasteiger partial charge on any atom is -0.515 e. The Hall–Kier alpha value is -4.34. The second-order valence-electron chi connectivity index (χ2n) is 4.86. The number of aliphatic hydroxyl groups excluding tert-OH is 2. The molecule has 0 atom stereocenters. The number of aromatic carboxylic acids is 2. The van der Waals surface area contributed by atoms with Gasteiger partial charge in [-0.05, 0) is 24.3 Å². The number of allylic oxidation sites excluding steroid dienone is 2. The number of rotatable bonds is 6. The smallest absolute Gasteiger partial charge is 0.354 e. The van der Waals surface area contributed by atoms with Crippen LogP contribution in [0.1, 0.15) is 32.2 Å². The van der Waals surface area contributed by atoms with Crippen molar-refractivity contribution in [3.8, 4) is 0 Å². The van der Waals surface area contributed by atoms with Crippen LogP contribution in [0.15, 0.2) is 49.1 Å². The van der Waals surface area contributed by atoms with Crippen molar-refractivity contribution in [3.05, 3.63) is 71.7 Å². The topological polar surface area (TPSA) is 175 Å². The van der Waals surface area contributed by atoms with Crippen LogP contribution in [-0.4, -0.2) is 54.9 Å². The molecule has 0 saturated heterocycles. The van der Waals surface area contributed by atoms with E-state index in [-0.39, 0.29) is 33.8 Å². The number of hydrogen-bond acceptors (Lipinski definition) is 8. The van der Waals surface area contributed by atoms with Gasteiger partial charge in [0.15, 0.2) is 12.6 Å². The van der Waals surface area contributed by atoms with Crippen molar-refractivity contribution in [2.75, 3.05) is 0 Å². The molecule has 28 heavy (non-hydrogen) atoms. The van der Waals surface area contributed by atoms with Gasteiger partial charge in [0.05, 0.1) is 40.6 Å². The molecule has 2 rings (SSSR count). The molecular formula is C18H14N2O8. The number of carboxylic acids is 2. The lowest BCUT2D eigenvalue weighted by Crippen LogP contribution is -2.02. The van der Waals surface area contributed by atoms with Crippen LogP contribution in [0.25, 0.3) is 11.1 Å². The summed E-state index contributed by atoms with van der Waals surface area (Å²) in [4.78, 5) is 49.1. The van der Waals surface area contributed by atoms with E-state index in [9.17, 15) is 19.2 Å². The third-order valence-electron chi connectivity index (χ3n) is 3.10. The standard InChI is InChI=1S/2C9H7NO4/c11-4-7(5-12)8-2-1-6(3-10-8)9(13)14;11-4-6(5-12)7-2-1-3-8(10-7)9(13)14/h2*1-5,11H,(H,13,14)/b7-4-;6-4-. The van der Waals surface area contributed by atoms with E-state index < -0.39 is 11.9 Å². The molecule has 0 aliphatic carbocycles. The third-order valence-corrected chi connectivity index (χ3v) is 3.10. The summed E-state index contributed by atoms with van der Waals surface area (Å²) in [5.41, 5.74) is 0.144. The number of hydrogen-bond donors (Lipinski definition) is 4. The summed E-state index contributed by atoms with van der Waals surface area (Å²) < 4.78 is 0. The van der Waals surface area contributed by atoms with Crippen LogP contribution in [0, 0.1) is 0 Å². The minimum absolute atomic E-state index is 0.00180. The lowest BCUT2D eigenvalue weighted by atomic mass is 10.2. The van der Waals surface area contributed by atoms with Gasteiger partial charge in [-0.1, -0.05) is 6.07 Å². The summed E-state index contributed by atoms with van der Waals surface area (Å²) in [6.45, 7) is 0. The SMILES string of the molecule is O=C/C(=C/O)c1ccc(C(=O)O)cn1.O=C/C(=C/O)c1cccc(C(=O)O)n1. The van der Waals surface area contributed by atoms with Gasteiger partial charge in [-0.25, -0.2) is 14.6 Å². The Balaban J connectivity index is 0.000000280. The van der Waals surface area contributed by atoms with E-state index in [1.165, 1.54) is 30.3 Å². The molecule has 10 nitrogen and oxygen atoms in total. The molecule has 0 aliphatic heterocycles. The first-order chi connectivity index (χ1) is 13.4. The van der Waals surface area contributed by atoms with E-state index in [2.05, 4.69) is 9.97 Å². The fraction of sp³-hybridized carbons (Fsp3) is 0. The molecule has 0 spiro atoms. The van der Waals surface area contributed by atoms with E-state index in [1.54, 1.807) is 0 Å². The van der Waals surface area contributed by atoms with Crippen molar-refractivity contribution >= 4 is 35.7 Å². The van der Waals surface area contributed by atoms with Crippen LogP contribution in [0.2, 0.25) is 0 Å². The molecule has 0 amide bonds. The molecule has 0 radical (unpaired) electrons. The van der Waals surface area contributed by atoms with Gasteiger partial charge in [-0.3, -0.25) is 14.6 Å². The molecule has 2 aromatic heterocycles. The summed E-state index contributed by atoms with van der Waals surface area (Å²) in [5.74, 6) is -2.28. The van der Waals surface area contributed by atoms with Crippen molar-refractivity contribution in [3.63, 3.8) is 0 Å². The number of aldehydes is 2. The molecule has 0 fully saturated rings. The maximum Gasteiger partial charge on any atom is 0.354 e. The number of carbonyl (C=O) groups is 4. The lowest BCUT2D eigenvalue weighted by molar-refractivity contribution is -0.104. The van der Waals surface area contributed by atoms with Gasteiger partial charge in [0.1, 0.15) is 5.69 Å². The van der Waals surface area contributed by atoms with Crippen molar-refractivity contribution in [1.82, 2.24) is 9.97 Å². The second-order valence-corrected chi connectivity index (χ2v) is 4.86. The van der Waals surface area contributed by atoms with E-state index in [0.29, 0.717) is 25.1 Å². The highest BCUT2D eigenvalue weighted by Gasteiger charge is 2.08. The van der Waals surface area contributed by atoms with Gasteiger partial charge in [-0.2, -0.15) is 0 Å². The highest BCUT2D eigenvalue weighted by molar-refractivity contribution is 6.06. The zero-order valence-electron chi connectivity index (χ0n) is 14.1. The molecule has 2 heterocycles. The van der Waals surface area contributed by atoms with Crippen LogP contribution in [-0.2, 0) is 9.59 Å². The summed E-state index contributed by atoms with van der Waals surface area (Å²) in [5, 5.41) is 34.4. The first kappa shape index (κ1) is 21.7. The Bertz CT molecular complexity index is 933. The Morgan fingerprint density at radius 3 is 1.79 bits per heavy atom. The van der Waals surface area contributed by atoms with Gasteiger partial charge in [0.25, 0.3) is 0 Å². The fourth-order valence-electron chi connectivity index (χ4n) is 1.72. The fourth-order valence-corrected chi connectivity index (χ4v) is 1.72. The van der Waals surface area contributed by atoms with Gasteiger partial charge in [0, 0.05) is 6.20 Å². The average molecular weight is 386 g/mol. The van der Waals surface area contributed by atoms with E-state index in [4.69, 9.17) is 20.4 Å². The van der Waals surface area contributed by atoms with Gasteiger partial charge in [0.2, 0.25) is 0 Å². The van der Waals surface area contributed by atoms with Crippen LogP contribution in [0.5, 0.6) is 0 Å². The predicted molar refractivity (Wildman–Crippen MR) is 95.7 cm³/mol. The number of pyridine rings is 2. The predicted octanol–water partition coefficient (Wildman–Crippen LogP) is 1.76. The zero-order chi connectivity index (χ0) is 21.1. The Morgan fingerprint density at radius 1 is 0.786 bits per heavy atom. The van der Waals surface area contributed by atoms with E-state index >= 15 is 0 Å². The maximum absolute atomic E-state index is 10.5. The summed E-state index contributed by atoms with van der Waals surface area (Å²) >= 11 is 0. The van der Waals surface area contributed by atoms with E-state index in [1.807, 2.05) is 0 Å². The molecule has 10 heteroatoms. The molecule has 144 valence electrons. The number of nitrogens with zero attached hydrogens (tertiary/aromatic N) is 2. The second kappa shape index (κ2) is 10.6. The summed E-state index contributed by atoms with van der Waals surface area (Å²) in [6, 6.07) is 6.82. The van der Waals surface area contributed by atoms with Gasteiger partial charge < -0.3 is 20.4 Å². The molecule has 0 aliphatic rings. The van der Waals surface area contributed by atoms with Crippen molar-refractivity contribution in [2.45, 2.75) is 0 Å². The highest BCUT2D eigenvalue weighted by Crippen LogP contribution is 2.09. The van der Waals surface area contributed by atoms with E-state index in [0.717, 1.165) is 6.20 Å². The van der Waals surface area contributed by atoms with Crippen LogP contribution in [0.4, 0.5) is 0 Å². The number of aliphatic hydroxyl groups is 2. The summed E-state index contributed by atoms with van der Waals surface area (Å²) in [6.07, 6.45) is 3.15. The van der Waals surface area contributed by atoms with Crippen LogP contribution in [0.3, 0.4) is 0 Å². The lowest BCUT2D eigenvalue weighted by Gasteiger charge is -1.98. The molecular weight excluding hydrogens is 372 g/mol. The normalized spacial score (nSPS) is 11.0.